The SMILES string of the molecule is CNC(=O)C1CC(F)C1F.Cl. The van der Waals surface area contributed by atoms with Crippen LogP contribution < -0.4 is 5.32 Å². The Morgan fingerprint density at radius 3 is 2.36 bits per heavy atom. The molecule has 0 saturated heterocycles. The summed E-state index contributed by atoms with van der Waals surface area (Å²) in [6.07, 6.45) is -2.98. The summed E-state index contributed by atoms with van der Waals surface area (Å²) in [7, 11) is 1.42. The number of carbonyl (C=O) groups is 1. The maximum Gasteiger partial charge on any atom is 0.226 e. The second-order valence-electron chi connectivity index (χ2n) is 2.42. The monoisotopic (exact) mass is 185 g/mol. The van der Waals surface area contributed by atoms with Crippen LogP contribution in [0.1, 0.15) is 6.42 Å². The summed E-state index contributed by atoms with van der Waals surface area (Å²) >= 11 is 0. The molecule has 1 fully saturated rings. The lowest BCUT2D eigenvalue weighted by atomic mass is 9.81. The van der Waals surface area contributed by atoms with Crippen LogP contribution in [0.25, 0.3) is 0 Å². The van der Waals surface area contributed by atoms with E-state index in [2.05, 4.69) is 5.32 Å². The maximum absolute atomic E-state index is 12.4. The second kappa shape index (κ2) is 3.85. The quantitative estimate of drug-likeness (QED) is 0.645. The molecule has 0 spiro atoms. The Morgan fingerprint density at radius 2 is 2.09 bits per heavy atom. The minimum atomic E-state index is -1.58. The van der Waals surface area contributed by atoms with Gasteiger partial charge in [-0.3, -0.25) is 4.79 Å². The highest BCUT2D eigenvalue weighted by molar-refractivity contribution is 5.85. The maximum atomic E-state index is 12.4. The lowest BCUT2D eigenvalue weighted by molar-refractivity contribution is -0.135. The molecule has 1 aliphatic carbocycles. The molecule has 1 N–H and O–H groups in total. The van der Waals surface area contributed by atoms with Gasteiger partial charge in [-0.05, 0) is 6.42 Å². The van der Waals surface area contributed by atoms with Crippen LogP contribution in [0, 0.1) is 5.92 Å². The highest BCUT2D eigenvalue weighted by Gasteiger charge is 2.45. The molecule has 0 heterocycles. The van der Waals surface area contributed by atoms with Crippen LogP contribution in [0.2, 0.25) is 0 Å². The van der Waals surface area contributed by atoms with Gasteiger partial charge in [0.15, 0.2) is 0 Å². The Hall–Kier alpha value is -0.380. The van der Waals surface area contributed by atoms with Gasteiger partial charge in [0.25, 0.3) is 0 Å². The summed E-state index contributed by atoms with van der Waals surface area (Å²) in [6, 6.07) is 0. The van der Waals surface area contributed by atoms with Gasteiger partial charge in [-0.2, -0.15) is 0 Å². The number of carbonyl (C=O) groups excluding carboxylic acids is 1. The van der Waals surface area contributed by atoms with E-state index in [1.807, 2.05) is 0 Å². The minimum Gasteiger partial charge on any atom is -0.359 e. The number of hydrogen-bond donors (Lipinski definition) is 1. The lowest BCUT2D eigenvalue weighted by Crippen LogP contribution is -2.48. The normalized spacial score (nSPS) is 35.0. The average molecular weight is 186 g/mol. The smallest absolute Gasteiger partial charge is 0.226 e. The molecule has 5 heteroatoms. The lowest BCUT2D eigenvalue weighted by Gasteiger charge is -2.32. The summed E-state index contributed by atoms with van der Waals surface area (Å²) in [6.45, 7) is 0. The minimum absolute atomic E-state index is 0. The van der Waals surface area contributed by atoms with Crippen molar-refractivity contribution in [1.82, 2.24) is 5.32 Å². The molecule has 1 rings (SSSR count). The fourth-order valence-corrected chi connectivity index (χ4v) is 0.996. The van der Waals surface area contributed by atoms with E-state index in [-0.39, 0.29) is 18.8 Å². The third-order valence-electron chi connectivity index (χ3n) is 1.79. The van der Waals surface area contributed by atoms with E-state index in [1.165, 1.54) is 7.05 Å². The Balaban J connectivity index is 0.000001000. The summed E-state index contributed by atoms with van der Waals surface area (Å²) in [5.41, 5.74) is 0. The van der Waals surface area contributed by atoms with E-state index in [1.54, 1.807) is 0 Å². The van der Waals surface area contributed by atoms with Crippen molar-refractivity contribution >= 4 is 18.3 Å². The zero-order valence-electron chi connectivity index (χ0n) is 6.01. The Labute approximate surface area is 69.8 Å². The van der Waals surface area contributed by atoms with Gasteiger partial charge >= 0.3 is 0 Å². The first-order valence-corrected chi connectivity index (χ1v) is 3.16. The number of hydrogen-bond acceptors (Lipinski definition) is 1. The first-order chi connectivity index (χ1) is 4.66. The van der Waals surface area contributed by atoms with E-state index in [4.69, 9.17) is 0 Å². The van der Waals surface area contributed by atoms with Crippen molar-refractivity contribution in [3.05, 3.63) is 0 Å². The van der Waals surface area contributed by atoms with Crippen molar-refractivity contribution in [2.45, 2.75) is 18.8 Å². The van der Waals surface area contributed by atoms with Gasteiger partial charge in [-0.15, -0.1) is 12.4 Å². The van der Waals surface area contributed by atoms with Crippen LogP contribution in [-0.2, 0) is 4.79 Å². The van der Waals surface area contributed by atoms with E-state index in [0.29, 0.717) is 0 Å². The molecule has 11 heavy (non-hydrogen) atoms. The van der Waals surface area contributed by atoms with Crippen LogP contribution in [-0.4, -0.2) is 25.3 Å². The number of halogens is 3. The van der Waals surface area contributed by atoms with Crippen LogP contribution in [0.15, 0.2) is 0 Å². The van der Waals surface area contributed by atoms with Gasteiger partial charge in [0, 0.05) is 7.05 Å². The molecule has 1 saturated carbocycles. The summed E-state index contributed by atoms with van der Waals surface area (Å²) in [5.74, 6) is -1.15. The van der Waals surface area contributed by atoms with E-state index >= 15 is 0 Å². The van der Waals surface area contributed by atoms with Crippen LogP contribution in [0.4, 0.5) is 8.78 Å². The van der Waals surface area contributed by atoms with Crippen LogP contribution >= 0.6 is 12.4 Å². The molecule has 3 atom stereocenters. The third kappa shape index (κ3) is 1.80. The number of amides is 1. The van der Waals surface area contributed by atoms with Gasteiger partial charge in [-0.25, -0.2) is 8.78 Å². The predicted octanol–water partition coefficient (Wildman–Crippen LogP) is 0.850. The van der Waals surface area contributed by atoms with Crippen molar-refractivity contribution < 1.29 is 13.6 Å². The zero-order chi connectivity index (χ0) is 7.72. The van der Waals surface area contributed by atoms with Gasteiger partial charge in [-0.1, -0.05) is 0 Å². The molecule has 1 amide bonds. The number of alkyl halides is 2. The van der Waals surface area contributed by atoms with Crippen molar-refractivity contribution in [2.75, 3.05) is 7.05 Å². The van der Waals surface area contributed by atoms with E-state index in [0.717, 1.165) is 0 Å². The molecule has 0 bridgehead atoms. The van der Waals surface area contributed by atoms with E-state index in [9.17, 15) is 13.6 Å². The van der Waals surface area contributed by atoms with Crippen LogP contribution in [0.5, 0.6) is 0 Å². The number of nitrogens with one attached hydrogen (secondary N) is 1. The Morgan fingerprint density at radius 1 is 1.55 bits per heavy atom. The molecule has 0 aromatic rings. The molecule has 66 valence electrons. The van der Waals surface area contributed by atoms with Crippen molar-refractivity contribution in [2.24, 2.45) is 5.92 Å². The fraction of sp³-hybridized carbons (Fsp3) is 0.833. The molecular formula is C6H10ClF2NO. The molecular weight excluding hydrogens is 176 g/mol. The van der Waals surface area contributed by atoms with Gasteiger partial charge in [0.05, 0.1) is 5.92 Å². The van der Waals surface area contributed by atoms with Crippen LogP contribution in [0.3, 0.4) is 0 Å². The van der Waals surface area contributed by atoms with Crippen molar-refractivity contribution in [1.29, 1.82) is 0 Å². The molecule has 3 unspecified atom stereocenters. The zero-order valence-corrected chi connectivity index (χ0v) is 6.83. The molecule has 0 aliphatic heterocycles. The largest absolute Gasteiger partial charge is 0.359 e. The predicted molar refractivity (Wildman–Crippen MR) is 39.2 cm³/mol. The van der Waals surface area contributed by atoms with Gasteiger partial charge in [0.1, 0.15) is 12.3 Å². The Bertz CT molecular complexity index is 156. The molecule has 0 radical (unpaired) electrons. The topological polar surface area (TPSA) is 29.1 Å². The van der Waals surface area contributed by atoms with Crippen molar-refractivity contribution in [3.8, 4) is 0 Å². The summed E-state index contributed by atoms with van der Waals surface area (Å²) in [5, 5.41) is 2.27. The van der Waals surface area contributed by atoms with Gasteiger partial charge < -0.3 is 5.32 Å². The average Bonchev–Trinajstić information content (AvgIpc) is 1.98. The van der Waals surface area contributed by atoms with Crippen molar-refractivity contribution in [3.63, 3.8) is 0 Å². The standard InChI is InChI=1S/C6H9F2NO.ClH/c1-9-6(10)3-2-4(7)5(3)8;/h3-5H,2H2,1H3,(H,9,10);1H. The van der Waals surface area contributed by atoms with E-state index < -0.39 is 24.2 Å². The Kier molecular flexibility index (Phi) is 3.72. The fourth-order valence-electron chi connectivity index (χ4n) is 0.996. The molecule has 0 aromatic carbocycles. The first kappa shape index (κ1) is 10.6. The summed E-state index contributed by atoms with van der Waals surface area (Å²) in [4.78, 5) is 10.6. The molecule has 2 nitrogen and oxygen atoms in total. The molecule has 1 aliphatic rings. The third-order valence-corrected chi connectivity index (χ3v) is 1.79. The molecule has 0 aromatic heterocycles. The highest BCUT2D eigenvalue weighted by atomic mass is 35.5. The second-order valence-corrected chi connectivity index (χ2v) is 2.42. The summed E-state index contributed by atoms with van der Waals surface area (Å²) < 4.78 is 24.5. The number of rotatable bonds is 1. The highest BCUT2D eigenvalue weighted by Crippen LogP contribution is 2.33. The first-order valence-electron chi connectivity index (χ1n) is 3.16. The van der Waals surface area contributed by atoms with Gasteiger partial charge in [0.2, 0.25) is 5.91 Å².